The molecule has 76 valence electrons. The lowest BCUT2D eigenvalue weighted by atomic mass is 10.3. The fraction of sp³-hybridized carbons (Fsp3) is 0.500. The average molecular weight is 198 g/mol. The van der Waals surface area contributed by atoms with E-state index in [9.17, 15) is 4.79 Å². The van der Waals surface area contributed by atoms with Gasteiger partial charge in [0.1, 0.15) is 6.26 Å². The van der Waals surface area contributed by atoms with E-state index in [1.807, 2.05) is 0 Å². The summed E-state index contributed by atoms with van der Waals surface area (Å²) in [6, 6.07) is 0.396. The largest absolute Gasteiger partial charge is 0.476 e. The van der Waals surface area contributed by atoms with Crippen LogP contribution in [0.2, 0.25) is 0 Å². The third-order valence-electron chi connectivity index (χ3n) is 1.98. The number of nitrogens with zero attached hydrogens (tertiary/aromatic N) is 1. The molecular weight excluding hydrogens is 188 g/mol. The van der Waals surface area contributed by atoms with Crippen LogP contribution in [-0.4, -0.2) is 35.3 Å². The third-order valence-corrected chi connectivity index (χ3v) is 1.98. The van der Waals surface area contributed by atoms with E-state index in [1.165, 1.54) is 0 Å². The first-order chi connectivity index (χ1) is 6.75. The van der Waals surface area contributed by atoms with Gasteiger partial charge in [-0.05, 0) is 6.42 Å². The van der Waals surface area contributed by atoms with Gasteiger partial charge in [-0.25, -0.2) is 4.79 Å². The van der Waals surface area contributed by atoms with Crippen molar-refractivity contribution in [2.24, 2.45) is 0 Å². The number of nitrogens with one attached hydrogen (secondary N) is 1. The first kappa shape index (κ1) is 9.01. The summed E-state index contributed by atoms with van der Waals surface area (Å²) in [4.78, 5) is 14.2. The Labute approximate surface area is 79.9 Å². The van der Waals surface area contributed by atoms with Crippen molar-refractivity contribution in [1.29, 1.82) is 0 Å². The Morgan fingerprint density at radius 1 is 1.71 bits per heavy atom. The summed E-state index contributed by atoms with van der Waals surface area (Å²) in [7, 11) is 0. The number of anilines is 1. The molecule has 0 aromatic carbocycles. The maximum absolute atomic E-state index is 10.5. The zero-order valence-corrected chi connectivity index (χ0v) is 7.40. The molecule has 6 heteroatoms. The van der Waals surface area contributed by atoms with Crippen molar-refractivity contribution >= 4 is 12.0 Å². The fourth-order valence-electron chi connectivity index (χ4n) is 1.26. The number of carbonyl (C=O) groups is 1. The number of oxazole rings is 1. The lowest BCUT2D eigenvalue weighted by molar-refractivity contribution is 0.0690. The second-order valence-electron chi connectivity index (χ2n) is 3.05. The Morgan fingerprint density at radius 3 is 3.14 bits per heavy atom. The number of aromatic carboxylic acids is 1. The third kappa shape index (κ3) is 1.85. The predicted octanol–water partition coefficient (Wildman–Crippen LogP) is 0.574. The summed E-state index contributed by atoms with van der Waals surface area (Å²) in [5, 5.41) is 11.5. The van der Waals surface area contributed by atoms with Crippen molar-refractivity contribution in [3.05, 3.63) is 12.0 Å². The quantitative estimate of drug-likeness (QED) is 0.738. The molecule has 0 amide bonds. The Kier molecular flexibility index (Phi) is 2.36. The van der Waals surface area contributed by atoms with Crippen molar-refractivity contribution in [2.75, 3.05) is 18.5 Å². The van der Waals surface area contributed by atoms with Gasteiger partial charge in [-0.15, -0.1) is 0 Å². The molecule has 1 aliphatic rings. The van der Waals surface area contributed by atoms with Gasteiger partial charge in [-0.2, -0.15) is 4.98 Å². The molecule has 2 rings (SSSR count). The van der Waals surface area contributed by atoms with Crippen LogP contribution in [-0.2, 0) is 4.74 Å². The molecule has 0 radical (unpaired) electrons. The van der Waals surface area contributed by atoms with E-state index in [1.54, 1.807) is 0 Å². The molecule has 0 spiro atoms. The van der Waals surface area contributed by atoms with Gasteiger partial charge in [-0.1, -0.05) is 0 Å². The number of carboxylic acid groups (broad SMARTS) is 1. The first-order valence-corrected chi connectivity index (χ1v) is 4.29. The maximum Gasteiger partial charge on any atom is 0.357 e. The Hall–Kier alpha value is -1.56. The minimum absolute atomic E-state index is 0.0913. The molecular formula is C8H10N2O4. The Bertz CT molecular complexity index is 330. The Balaban J connectivity index is 1.98. The smallest absolute Gasteiger partial charge is 0.357 e. The molecule has 0 aliphatic carbocycles. The summed E-state index contributed by atoms with van der Waals surface area (Å²) in [5.74, 6) is -1.09. The predicted molar refractivity (Wildman–Crippen MR) is 46.3 cm³/mol. The molecule has 2 N–H and O–H groups in total. The molecule has 1 aliphatic heterocycles. The summed E-state index contributed by atoms with van der Waals surface area (Å²) in [5.41, 5.74) is -0.0913. The van der Waals surface area contributed by atoms with Crippen LogP contribution in [0, 0.1) is 0 Å². The monoisotopic (exact) mass is 198 g/mol. The number of hydrogen-bond acceptors (Lipinski definition) is 5. The number of aromatic nitrogens is 1. The second-order valence-corrected chi connectivity index (χ2v) is 3.05. The fourth-order valence-corrected chi connectivity index (χ4v) is 1.26. The van der Waals surface area contributed by atoms with E-state index in [2.05, 4.69) is 10.3 Å². The van der Waals surface area contributed by atoms with E-state index >= 15 is 0 Å². The normalized spacial score (nSPS) is 21.0. The molecule has 1 saturated heterocycles. The van der Waals surface area contributed by atoms with Crippen LogP contribution in [0.4, 0.5) is 6.01 Å². The first-order valence-electron chi connectivity index (χ1n) is 4.29. The minimum Gasteiger partial charge on any atom is -0.476 e. The number of hydrogen-bond donors (Lipinski definition) is 2. The summed E-state index contributed by atoms with van der Waals surface area (Å²) in [6.45, 7) is 1.31. The van der Waals surface area contributed by atoms with E-state index in [0.29, 0.717) is 13.2 Å². The van der Waals surface area contributed by atoms with Crippen LogP contribution in [0.5, 0.6) is 0 Å². The zero-order valence-electron chi connectivity index (χ0n) is 7.40. The molecule has 0 bridgehead atoms. The van der Waals surface area contributed by atoms with Crippen LogP contribution in [0.15, 0.2) is 10.7 Å². The zero-order chi connectivity index (χ0) is 9.97. The van der Waals surface area contributed by atoms with Crippen LogP contribution in [0.25, 0.3) is 0 Å². The number of rotatable bonds is 3. The number of carboxylic acids is 1. The van der Waals surface area contributed by atoms with Crippen LogP contribution < -0.4 is 5.32 Å². The lowest BCUT2D eigenvalue weighted by Gasteiger charge is -2.06. The highest BCUT2D eigenvalue weighted by atomic mass is 16.5. The van der Waals surface area contributed by atoms with Crippen molar-refractivity contribution in [1.82, 2.24) is 4.98 Å². The average Bonchev–Trinajstić information content (AvgIpc) is 2.75. The van der Waals surface area contributed by atoms with Gasteiger partial charge in [-0.3, -0.25) is 0 Å². The second kappa shape index (κ2) is 3.67. The van der Waals surface area contributed by atoms with E-state index in [4.69, 9.17) is 14.3 Å². The number of ether oxygens (including phenoxy) is 1. The highest BCUT2D eigenvalue weighted by Crippen LogP contribution is 2.13. The molecule has 1 aromatic heterocycles. The topological polar surface area (TPSA) is 84.6 Å². The van der Waals surface area contributed by atoms with Gasteiger partial charge in [0.2, 0.25) is 0 Å². The van der Waals surface area contributed by atoms with E-state index in [0.717, 1.165) is 12.7 Å². The van der Waals surface area contributed by atoms with Gasteiger partial charge >= 0.3 is 5.97 Å². The van der Waals surface area contributed by atoms with Gasteiger partial charge in [0.25, 0.3) is 6.01 Å². The molecule has 14 heavy (non-hydrogen) atoms. The van der Waals surface area contributed by atoms with Crippen LogP contribution in [0.1, 0.15) is 16.9 Å². The van der Waals surface area contributed by atoms with Gasteiger partial charge in [0, 0.05) is 6.61 Å². The van der Waals surface area contributed by atoms with Crippen molar-refractivity contribution in [3.63, 3.8) is 0 Å². The van der Waals surface area contributed by atoms with Crippen molar-refractivity contribution in [3.8, 4) is 0 Å². The molecule has 6 nitrogen and oxygen atoms in total. The lowest BCUT2D eigenvalue weighted by Crippen LogP contribution is -2.19. The Morgan fingerprint density at radius 2 is 2.57 bits per heavy atom. The van der Waals surface area contributed by atoms with E-state index < -0.39 is 5.97 Å². The summed E-state index contributed by atoms with van der Waals surface area (Å²) < 4.78 is 10.1. The van der Waals surface area contributed by atoms with E-state index in [-0.39, 0.29) is 17.8 Å². The van der Waals surface area contributed by atoms with Crippen LogP contribution >= 0.6 is 0 Å². The minimum atomic E-state index is -1.09. The van der Waals surface area contributed by atoms with Crippen molar-refractivity contribution < 1.29 is 19.1 Å². The molecule has 1 aromatic rings. The SMILES string of the molecule is O=C(O)c1coc(NC2CCOC2)n1. The van der Waals surface area contributed by atoms with Crippen LogP contribution in [0.3, 0.4) is 0 Å². The maximum atomic E-state index is 10.5. The summed E-state index contributed by atoms with van der Waals surface area (Å²) >= 11 is 0. The van der Waals surface area contributed by atoms with Gasteiger partial charge in [0.05, 0.1) is 12.6 Å². The summed E-state index contributed by atoms with van der Waals surface area (Å²) in [6.07, 6.45) is 1.99. The molecule has 0 saturated carbocycles. The highest BCUT2D eigenvalue weighted by molar-refractivity contribution is 5.85. The van der Waals surface area contributed by atoms with Gasteiger partial charge in [0.15, 0.2) is 5.69 Å². The molecule has 1 fully saturated rings. The highest BCUT2D eigenvalue weighted by Gasteiger charge is 2.18. The standard InChI is InChI=1S/C8H10N2O4/c11-7(12)6-4-14-8(10-6)9-5-1-2-13-3-5/h4-5H,1-3H2,(H,9,10)(H,11,12). The molecule has 2 heterocycles. The molecule has 1 unspecified atom stereocenters. The molecule has 1 atom stereocenters. The van der Waals surface area contributed by atoms with Crippen molar-refractivity contribution in [2.45, 2.75) is 12.5 Å². The van der Waals surface area contributed by atoms with Gasteiger partial charge < -0.3 is 19.6 Å².